The first-order valence-electron chi connectivity index (χ1n) is 8.98. The molecule has 0 saturated carbocycles. The highest BCUT2D eigenvalue weighted by atomic mass is 32.1. The molecule has 1 amide bonds. The average molecular weight is 367 g/mol. The summed E-state index contributed by atoms with van der Waals surface area (Å²) < 4.78 is 1.73. The Labute approximate surface area is 156 Å². The summed E-state index contributed by atoms with van der Waals surface area (Å²) in [6.45, 7) is 0.686. The molecule has 1 N–H and O–H groups in total. The van der Waals surface area contributed by atoms with Crippen LogP contribution in [0.4, 0.5) is 5.13 Å². The van der Waals surface area contributed by atoms with Gasteiger partial charge in [-0.15, -0.1) is 11.3 Å². The number of fused-ring (bicyclic) bond motifs is 1. The van der Waals surface area contributed by atoms with E-state index in [1.807, 2.05) is 5.38 Å². The number of hydrogen-bond acceptors (Lipinski definition) is 5. The summed E-state index contributed by atoms with van der Waals surface area (Å²) in [5.74, 6) is -0.0172. The largest absolute Gasteiger partial charge is 0.302 e. The maximum Gasteiger partial charge on any atom is 0.226 e. The van der Waals surface area contributed by atoms with Gasteiger partial charge in [0.1, 0.15) is 12.7 Å². The Bertz CT molecular complexity index is 887. The lowest BCUT2D eigenvalue weighted by Crippen LogP contribution is -2.12. The van der Waals surface area contributed by atoms with Gasteiger partial charge < -0.3 is 5.32 Å². The predicted octanol–water partition coefficient (Wildman–Crippen LogP) is 3.70. The molecule has 0 unspecified atom stereocenters. The third kappa shape index (κ3) is 3.99. The Hall–Kier alpha value is -2.54. The minimum Gasteiger partial charge on any atom is -0.302 e. The molecule has 7 heteroatoms. The standard InChI is InChI=1S/C19H21N5OS/c25-18(6-3-9-24-13-20-12-21-24)23-19-22-17(11-26-19)16-8-7-14-4-1-2-5-15(14)10-16/h7-8,10-13H,1-6,9H2,(H,22,23,25). The Morgan fingerprint density at radius 3 is 2.96 bits per heavy atom. The topological polar surface area (TPSA) is 72.7 Å². The van der Waals surface area contributed by atoms with E-state index in [4.69, 9.17) is 0 Å². The average Bonchev–Trinajstić information content (AvgIpc) is 3.33. The number of hydrogen-bond donors (Lipinski definition) is 1. The van der Waals surface area contributed by atoms with Crippen molar-refractivity contribution in [3.8, 4) is 11.3 Å². The molecular weight excluding hydrogens is 346 g/mol. The van der Waals surface area contributed by atoms with Crippen molar-refractivity contribution in [2.75, 3.05) is 5.32 Å². The smallest absolute Gasteiger partial charge is 0.226 e. The summed E-state index contributed by atoms with van der Waals surface area (Å²) in [5.41, 5.74) is 4.98. The number of aromatic nitrogens is 4. The van der Waals surface area contributed by atoms with Gasteiger partial charge in [0, 0.05) is 23.9 Å². The number of carbonyl (C=O) groups excluding carboxylic acids is 1. The Morgan fingerprint density at radius 1 is 1.23 bits per heavy atom. The van der Waals surface area contributed by atoms with E-state index in [0.29, 0.717) is 18.1 Å². The van der Waals surface area contributed by atoms with Gasteiger partial charge in [-0.3, -0.25) is 9.48 Å². The maximum atomic E-state index is 12.1. The van der Waals surface area contributed by atoms with Gasteiger partial charge in [0.25, 0.3) is 0 Å². The van der Waals surface area contributed by atoms with Crippen LogP contribution in [0.1, 0.15) is 36.8 Å². The molecule has 6 nitrogen and oxygen atoms in total. The number of anilines is 1. The van der Waals surface area contributed by atoms with Crippen molar-refractivity contribution in [3.05, 3.63) is 47.4 Å². The van der Waals surface area contributed by atoms with Crippen LogP contribution in [0.5, 0.6) is 0 Å². The van der Waals surface area contributed by atoms with Gasteiger partial charge in [0.2, 0.25) is 5.91 Å². The van der Waals surface area contributed by atoms with Crippen LogP contribution in [-0.2, 0) is 24.2 Å². The molecule has 0 radical (unpaired) electrons. The molecule has 0 saturated heterocycles. The van der Waals surface area contributed by atoms with Crippen molar-refractivity contribution in [3.63, 3.8) is 0 Å². The minimum absolute atomic E-state index is 0.0172. The molecule has 1 aliphatic rings. The van der Waals surface area contributed by atoms with Gasteiger partial charge >= 0.3 is 0 Å². The zero-order valence-corrected chi connectivity index (χ0v) is 15.3. The second-order valence-corrected chi connectivity index (χ2v) is 7.40. The highest BCUT2D eigenvalue weighted by molar-refractivity contribution is 7.14. The Morgan fingerprint density at radius 2 is 2.12 bits per heavy atom. The number of carbonyl (C=O) groups is 1. The van der Waals surface area contributed by atoms with Crippen LogP contribution in [0.25, 0.3) is 11.3 Å². The van der Waals surface area contributed by atoms with Gasteiger partial charge in [0.05, 0.1) is 5.69 Å². The van der Waals surface area contributed by atoms with E-state index in [9.17, 15) is 4.79 Å². The first kappa shape index (κ1) is 16.9. The molecule has 0 fully saturated rings. The number of rotatable bonds is 6. The van der Waals surface area contributed by atoms with E-state index in [1.165, 1.54) is 48.1 Å². The third-order valence-corrected chi connectivity index (χ3v) is 5.41. The lowest BCUT2D eigenvalue weighted by atomic mass is 9.90. The van der Waals surface area contributed by atoms with Crippen molar-refractivity contribution < 1.29 is 4.79 Å². The van der Waals surface area contributed by atoms with Crippen molar-refractivity contribution in [1.29, 1.82) is 0 Å². The second kappa shape index (κ2) is 7.78. The monoisotopic (exact) mass is 367 g/mol. The molecule has 134 valence electrons. The summed E-state index contributed by atoms with van der Waals surface area (Å²) in [6.07, 6.45) is 9.21. The molecular formula is C19H21N5OS. The van der Waals surface area contributed by atoms with Crippen LogP contribution >= 0.6 is 11.3 Å². The molecule has 2 aromatic heterocycles. The quantitative estimate of drug-likeness (QED) is 0.721. The van der Waals surface area contributed by atoms with Crippen molar-refractivity contribution >= 4 is 22.4 Å². The molecule has 0 bridgehead atoms. The number of nitrogens with zero attached hydrogens (tertiary/aromatic N) is 4. The summed E-state index contributed by atoms with van der Waals surface area (Å²) in [6, 6.07) is 6.63. The molecule has 3 aromatic rings. The SMILES string of the molecule is O=C(CCCn1cncn1)Nc1nc(-c2ccc3c(c2)CCCC3)cs1. The van der Waals surface area contributed by atoms with Gasteiger partial charge in [-0.25, -0.2) is 9.97 Å². The molecule has 4 rings (SSSR count). The van der Waals surface area contributed by atoms with Crippen LogP contribution in [-0.4, -0.2) is 25.7 Å². The maximum absolute atomic E-state index is 12.1. The number of nitrogens with one attached hydrogen (secondary N) is 1. The van der Waals surface area contributed by atoms with E-state index < -0.39 is 0 Å². The van der Waals surface area contributed by atoms with Crippen LogP contribution in [0.3, 0.4) is 0 Å². The molecule has 0 aliphatic heterocycles. The van der Waals surface area contributed by atoms with E-state index in [-0.39, 0.29) is 5.91 Å². The fourth-order valence-electron chi connectivity index (χ4n) is 3.29. The fraction of sp³-hybridized carbons (Fsp3) is 0.368. The molecule has 0 spiro atoms. The normalized spacial score (nSPS) is 13.4. The van der Waals surface area contributed by atoms with Crippen molar-refractivity contribution in [2.45, 2.75) is 45.1 Å². The summed E-state index contributed by atoms with van der Waals surface area (Å²) in [4.78, 5) is 20.6. The van der Waals surface area contributed by atoms with Crippen LogP contribution in [0.2, 0.25) is 0 Å². The third-order valence-electron chi connectivity index (χ3n) is 4.65. The fourth-order valence-corrected chi connectivity index (χ4v) is 4.02. The molecule has 1 aromatic carbocycles. The second-order valence-electron chi connectivity index (χ2n) is 6.54. The van der Waals surface area contributed by atoms with Crippen molar-refractivity contribution in [2.24, 2.45) is 0 Å². The molecule has 26 heavy (non-hydrogen) atoms. The predicted molar refractivity (Wildman–Crippen MR) is 102 cm³/mol. The summed E-state index contributed by atoms with van der Waals surface area (Å²) in [5, 5.41) is 9.59. The van der Waals surface area contributed by atoms with Gasteiger partial charge in [-0.2, -0.15) is 5.10 Å². The van der Waals surface area contributed by atoms with Crippen LogP contribution < -0.4 is 5.32 Å². The van der Waals surface area contributed by atoms with Crippen LogP contribution in [0.15, 0.2) is 36.2 Å². The lowest BCUT2D eigenvalue weighted by molar-refractivity contribution is -0.116. The zero-order valence-electron chi connectivity index (χ0n) is 14.5. The molecule has 2 heterocycles. The summed E-state index contributed by atoms with van der Waals surface area (Å²) >= 11 is 1.47. The molecule has 1 aliphatic carbocycles. The van der Waals surface area contributed by atoms with Gasteiger partial charge in [-0.1, -0.05) is 12.1 Å². The number of benzene rings is 1. The van der Waals surface area contributed by atoms with E-state index in [2.05, 4.69) is 38.6 Å². The molecule has 0 atom stereocenters. The van der Waals surface area contributed by atoms with Gasteiger partial charge in [-0.05, 0) is 49.3 Å². The minimum atomic E-state index is -0.0172. The van der Waals surface area contributed by atoms with Crippen LogP contribution in [0, 0.1) is 0 Å². The van der Waals surface area contributed by atoms with E-state index >= 15 is 0 Å². The highest BCUT2D eigenvalue weighted by Gasteiger charge is 2.12. The number of amides is 1. The van der Waals surface area contributed by atoms with Crippen molar-refractivity contribution in [1.82, 2.24) is 19.7 Å². The number of thiazole rings is 1. The van der Waals surface area contributed by atoms with E-state index in [1.54, 1.807) is 11.0 Å². The number of aryl methyl sites for hydroxylation is 3. The van der Waals surface area contributed by atoms with Gasteiger partial charge in [0.15, 0.2) is 5.13 Å². The van der Waals surface area contributed by atoms with E-state index in [0.717, 1.165) is 24.1 Å². The zero-order chi connectivity index (χ0) is 17.8. The highest BCUT2D eigenvalue weighted by Crippen LogP contribution is 2.29. The first-order chi connectivity index (χ1) is 12.8. The summed E-state index contributed by atoms with van der Waals surface area (Å²) in [7, 11) is 0. The Balaban J connectivity index is 1.34. The Kier molecular flexibility index (Phi) is 5.06. The lowest BCUT2D eigenvalue weighted by Gasteiger charge is -2.16. The first-order valence-corrected chi connectivity index (χ1v) is 9.86.